The van der Waals surface area contributed by atoms with Crippen molar-refractivity contribution in [2.75, 3.05) is 32.1 Å². The van der Waals surface area contributed by atoms with Crippen LogP contribution in [0.25, 0.3) is 0 Å². The van der Waals surface area contributed by atoms with Gasteiger partial charge in [0.15, 0.2) is 5.69 Å². The maximum atomic E-state index is 11.4. The van der Waals surface area contributed by atoms with Crippen molar-refractivity contribution < 1.29 is 9.53 Å². The van der Waals surface area contributed by atoms with E-state index in [0.717, 1.165) is 25.9 Å². The van der Waals surface area contributed by atoms with E-state index in [1.54, 1.807) is 6.20 Å². The topological polar surface area (TPSA) is 67.3 Å². The van der Waals surface area contributed by atoms with E-state index in [1.165, 1.54) is 13.3 Å². The average Bonchev–Trinajstić information content (AvgIpc) is 2.46. The van der Waals surface area contributed by atoms with Crippen LogP contribution >= 0.6 is 0 Å². The van der Waals surface area contributed by atoms with Crippen molar-refractivity contribution in [1.29, 1.82) is 0 Å². The number of hydrogen-bond acceptors (Lipinski definition) is 6. The predicted octanol–water partition coefficient (Wildman–Crippen LogP) is 0.451. The lowest BCUT2D eigenvalue weighted by Crippen LogP contribution is -2.44. The number of nitrogens with one attached hydrogen (secondary N) is 1. The second-order valence-corrected chi connectivity index (χ2v) is 4.37. The molecule has 1 aliphatic rings. The summed E-state index contributed by atoms with van der Waals surface area (Å²) in [6, 6.07) is 0.390. The van der Waals surface area contributed by atoms with Gasteiger partial charge in [0, 0.05) is 19.6 Å². The Bertz CT molecular complexity index is 418. The van der Waals surface area contributed by atoms with Crippen LogP contribution in [0, 0.1) is 0 Å². The standard InChI is InChI=1S/C12H18N4O2/c1-16(9-4-3-5-13-6-9)11-8-14-7-10(15-11)12(17)18-2/h7-9,13H,3-6H2,1-2H3. The molecule has 1 N–H and O–H groups in total. The van der Waals surface area contributed by atoms with Crippen LogP contribution in [0.3, 0.4) is 0 Å². The van der Waals surface area contributed by atoms with Crippen molar-refractivity contribution >= 4 is 11.8 Å². The molecule has 6 heteroatoms. The Balaban J connectivity index is 2.14. The number of esters is 1. The van der Waals surface area contributed by atoms with E-state index in [9.17, 15) is 4.79 Å². The Morgan fingerprint density at radius 2 is 2.39 bits per heavy atom. The third kappa shape index (κ3) is 2.76. The average molecular weight is 250 g/mol. The number of likely N-dealkylation sites (N-methyl/N-ethyl adjacent to an activating group) is 1. The van der Waals surface area contributed by atoms with E-state index in [-0.39, 0.29) is 5.69 Å². The highest BCUT2D eigenvalue weighted by atomic mass is 16.5. The first-order chi connectivity index (χ1) is 8.72. The third-order valence-corrected chi connectivity index (χ3v) is 3.20. The van der Waals surface area contributed by atoms with Crippen molar-refractivity contribution in [3.8, 4) is 0 Å². The predicted molar refractivity (Wildman–Crippen MR) is 67.7 cm³/mol. The Labute approximate surface area is 106 Å². The van der Waals surface area contributed by atoms with Crippen LogP contribution in [0.15, 0.2) is 12.4 Å². The number of carbonyl (C=O) groups excluding carboxylic acids is 1. The fourth-order valence-electron chi connectivity index (χ4n) is 2.08. The first kappa shape index (κ1) is 12.8. The number of carbonyl (C=O) groups is 1. The smallest absolute Gasteiger partial charge is 0.358 e. The molecule has 2 heterocycles. The van der Waals surface area contributed by atoms with Crippen LogP contribution in [-0.4, -0.2) is 49.2 Å². The molecule has 1 unspecified atom stereocenters. The fourth-order valence-corrected chi connectivity index (χ4v) is 2.08. The zero-order valence-corrected chi connectivity index (χ0v) is 10.7. The van der Waals surface area contributed by atoms with Gasteiger partial charge >= 0.3 is 5.97 Å². The second-order valence-electron chi connectivity index (χ2n) is 4.37. The summed E-state index contributed by atoms with van der Waals surface area (Å²) in [4.78, 5) is 21.8. The van der Waals surface area contributed by atoms with Crippen molar-refractivity contribution in [1.82, 2.24) is 15.3 Å². The minimum Gasteiger partial charge on any atom is -0.464 e. The van der Waals surface area contributed by atoms with Crippen LogP contribution in [-0.2, 0) is 4.74 Å². The van der Waals surface area contributed by atoms with Gasteiger partial charge in [0.2, 0.25) is 0 Å². The molecule has 2 rings (SSSR count). The van der Waals surface area contributed by atoms with E-state index in [0.29, 0.717) is 11.9 Å². The molecule has 0 saturated carbocycles. The molecule has 0 bridgehead atoms. The fraction of sp³-hybridized carbons (Fsp3) is 0.583. The molecule has 0 spiro atoms. The number of ether oxygens (including phenoxy) is 1. The first-order valence-electron chi connectivity index (χ1n) is 6.06. The molecule has 6 nitrogen and oxygen atoms in total. The van der Waals surface area contributed by atoms with Crippen LogP contribution in [0.2, 0.25) is 0 Å². The van der Waals surface area contributed by atoms with E-state index >= 15 is 0 Å². The molecule has 1 saturated heterocycles. The van der Waals surface area contributed by atoms with Crippen LogP contribution in [0.5, 0.6) is 0 Å². The van der Waals surface area contributed by atoms with Crippen LogP contribution < -0.4 is 10.2 Å². The van der Waals surface area contributed by atoms with Crippen molar-refractivity contribution in [2.45, 2.75) is 18.9 Å². The van der Waals surface area contributed by atoms with Gasteiger partial charge in [-0.1, -0.05) is 0 Å². The Morgan fingerprint density at radius 1 is 1.56 bits per heavy atom. The summed E-state index contributed by atoms with van der Waals surface area (Å²) in [5.41, 5.74) is 0.241. The highest BCUT2D eigenvalue weighted by Crippen LogP contribution is 2.16. The zero-order chi connectivity index (χ0) is 13.0. The number of nitrogens with zero attached hydrogens (tertiary/aromatic N) is 3. The summed E-state index contributed by atoms with van der Waals surface area (Å²) >= 11 is 0. The van der Waals surface area contributed by atoms with Gasteiger partial charge in [-0.3, -0.25) is 4.98 Å². The number of piperidine rings is 1. The number of aromatic nitrogens is 2. The number of hydrogen-bond donors (Lipinski definition) is 1. The molecule has 1 aromatic heterocycles. The van der Waals surface area contributed by atoms with Gasteiger partial charge in [-0.25, -0.2) is 9.78 Å². The van der Waals surface area contributed by atoms with Gasteiger partial charge in [-0.15, -0.1) is 0 Å². The molecule has 1 fully saturated rings. The van der Waals surface area contributed by atoms with Gasteiger partial charge in [0.05, 0.1) is 19.5 Å². The van der Waals surface area contributed by atoms with Gasteiger partial charge < -0.3 is 15.0 Å². The zero-order valence-electron chi connectivity index (χ0n) is 10.7. The third-order valence-electron chi connectivity index (χ3n) is 3.20. The van der Waals surface area contributed by atoms with E-state index < -0.39 is 5.97 Å². The maximum Gasteiger partial charge on any atom is 0.358 e. The first-order valence-corrected chi connectivity index (χ1v) is 6.06. The van der Waals surface area contributed by atoms with Crippen LogP contribution in [0.4, 0.5) is 5.82 Å². The van der Waals surface area contributed by atoms with E-state index in [1.807, 2.05) is 7.05 Å². The molecular formula is C12H18N4O2. The van der Waals surface area contributed by atoms with Crippen molar-refractivity contribution in [3.63, 3.8) is 0 Å². The number of anilines is 1. The summed E-state index contributed by atoms with van der Waals surface area (Å²) in [5, 5.41) is 3.35. The normalized spacial score (nSPS) is 19.3. The molecular weight excluding hydrogens is 232 g/mol. The molecule has 1 atom stereocenters. The van der Waals surface area contributed by atoms with Crippen molar-refractivity contribution in [3.05, 3.63) is 18.1 Å². The van der Waals surface area contributed by atoms with Gasteiger partial charge in [-0.05, 0) is 19.4 Å². The van der Waals surface area contributed by atoms with Gasteiger partial charge in [0.25, 0.3) is 0 Å². The molecule has 1 aliphatic heterocycles. The van der Waals surface area contributed by atoms with Crippen LogP contribution in [0.1, 0.15) is 23.3 Å². The molecule has 18 heavy (non-hydrogen) atoms. The molecule has 1 aromatic rings. The largest absolute Gasteiger partial charge is 0.464 e. The quantitative estimate of drug-likeness (QED) is 0.786. The Morgan fingerprint density at radius 3 is 3.06 bits per heavy atom. The van der Waals surface area contributed by atoms with E-state index in [2.05, 4.69) is 24.9 Å². The number of methoxy groups -OCH3 is 1. The monoisotopic (exact) mass is 250 g/mol. The van der Waals surface area contributed by atoms with Gasteiger partial charge in [-0.2, -0.15) is 0 Å². The number of rotatable bonds is 3. The lowest BCUT2D eigenvalue weighted by molar-refractivity contribution is 0.0593. The highest BCUT2D eigenvalue weighted by Gasteiger charge is 2.20. The Hall–Kier alpha value is -1.69. The maximum absolute atomic E-state index is 11.4. The molecule has 0 aliphatic carbocycles. The molecule has 0 radical (unpaired) electrons. The minimum atomic E-state index is -0.459. The summed E-state index contributed by atoms with van der Waals surface area (Å²) in [7, 11) is 3.31. The lowest BCUT2D eigenvalue weighted by atomic mass is 10.1. The summed E-state index contributed by atoms with van der Waals surface area (Å²) < 4.78 is 4.64. The van der Waals surface area contributed by atoms with Gasteiger partial charge in [0.1, 0.15) is 5.82 Å². The molecule has 0 amide bonds. The lowest BCUT2D eigenvalue weighted by Gasteiger charge is -2.32. The minimum absolute atomic E-state index is 0.241. The summed E-state index contributed by atoms with van der Waals surface area (Å²) in [5.74, 6) is 0.242. The highest BCUT2D eigenvalue weighted by molar-refractivity contribution is 5.87. The molecule has 98 valence electrons. The SMILES string of the molecule is COC(=O)c1cncc(N(C)C2CCCNC2)n1. The Kier molecular flexibility index (Phi) is 4.09. The molecule has 0 aromatic carbocycles. The van der Waals surface area contributed by atoms with E-state index in [4.69, 9.17) is 0 Å². The second kappa shape index (κ2) is 5.77. The summed E-state index contributed by atoms with van der Waals surface area (Å²) in [6.45, 7) is 2.00. The van der Waals surface area contributed by atoms with Crippen molar-refractivity contribution in [2.24, 2.45) is 0 Å². The summed E-state index contributed by atoms with van der Waals surface area (Å²) in [6.07, 6.45) is 5.36.